The molecule has 0 saturated heterocycles. The van der Waals surface area contributed by atoms with Crippen LogP contribution in [0, 0.1) is 6.92 Å². The van der Waals surface area contributed by atoms with Crippen LogP contribution in [0.3, 0.4) is 0 Å². The number of allylic oxidation sites excluding steroid dienone is 1. The van der Waals surface area contributed by atoms with Gasteiger partial charge in [-0.25, -0.2) is 4.98 Å². The van der Waals surface area contributed by atoms with Gasteiger partial charge in [-0.2, -0.15) is 9.78 Å². The van der Waals surface area contributed by atoms with Crippen molar-refractivity contribution in [2.24, 2.45) is 5.10 Å². The molecule has 7 nitrogen and oxygen atoms in total. The summed E-state index contributed by atoms with van der Waals surface area (Å²) in [5.41, 5.74) is 5.84. The van der Waals surface area contributed by atoms with Crippen LogP contribution < -0.4 is 19.8 Å². The lowest BCUT2D eigenvalue weighted by Gasteiger charge is -2.18. The van der Waals surface area contributed by atoms with Crippen molar-refractivity contribution >= 4 is 27.9 Å². The molecule has 6 aromatic rings. The van der Waals surface area contributed by atoms with E-state index in [2.05, 4.69) is 50.8 Å². The fourth-order valence-electron chi connectivity index (χ4n) is 6.16. The van der Waals surface area contributed by atoms with E-state index in [0.29, 0.717) is 47.9 Å². The van der Waals surface area contributed by atoms with Gasteiger partial charge in [-0.3, -0.25) is 4.79 Å². The van der Waals surface area contributed by atoms with Gasteiger partial charge in [0, 0.05) is 11.1 Å². The quantitative estimate of drug-likeness (QED) is 0.0974. The molecule has 6 rings (SSSR count). The number of fused-ring (bicyclic) bond motifs is 2. The molecule has 248 valence electrons. The van der Waals surface area contributed by atoms with Crippen LogP contribution in [0.15, 0.2) is 114 Å². The standard InChI is InChI=1S/C42H41N3O4/c1-7-14-31-22-29(23-39(48-8-2)40(31)49-26-32-17-13-16-30-15-9-10-18-33(30)32)25-43-45-41(44-37-20-12-11-19-34(37)42(45)46)36-24-35(27(3)4)38(47-6)21-28(36)5/h7,9-13,15-25,27H,1,8,14,26H2,2-6H3. The lowest BCUT2D eigenvalue weighted by Crippen LogP contribution is -2.21. The highest BCUT2D eigenvalue weighted by atomic mass is 16.5. The molecular weight excluding hydrogens is 610 g/mol. The van der Waals surface area contributed by atoms with Crippen molar-refractivity contribution in [2.75, 3.05) is 13.7 Å². The Kier molecular flexibility index (Phi) is 9.90. The van der Waals surface area contributed by atoms with Crippen molar-refractivity contribution in [2.45, 2.75) is 46.6 Å². The molecule has 0 amide bonds. The number of nitrogens with zero attached hydrogens (tertiary/aromatic N) is 3. The molecule has 0 N–H and O–H groups in total. The van der Waals surface area contributed by atoms with E-state index in [9.17, 15) is 4.79 Å². The van der Waals surface area contributed by atoms with Crippen LogP contribution in [-0.2, 0) is 13.0 Å². The zero-order chi connectivity index (χ0) is 34.5. The van der Waals surface area contributed by atoms with Gasteiger partial charge in [0.15, 0.2) is 17.3 Å². The van der Waals surface area contributed by atoms with E-state index in [1.807, 2.05) is 74.5 Å². The molecule has 49 heavy (non-hydrogen) atoms. The Hall–Kier alpha value is -5.69. The van der Waals surface area contributed by atoms with Crippen LogP contribution >= 0.6 is 0 Å². The average Bonchev–Trinajstić information content (AvgIpc) is 3.11. The van der Waals surface area contributed by atoms with E-state index in [-0.39, 0.29) is 11.5 Å². The number of hydrogen-bond donors (Lipinski definition) is 0. The van der Waals surface area contributed by atoms with E-state index < -0.39 is 0 Å². The van der Waals surface area contributed by atoms with Gasteiger partial charge >= 0.3 is 0 Å². The van der Waals surface area contributed by atoms with Crippen molar-refractivity contribution in [1.82, 2.24) is 9.66 Å². The van der Waals surface area contributed by atoms with E-state index in [0.717, 1.165) is 49.9 Å². The molecular formula is C42H41N3O4. The minimum Gasteiger partial charge on any atom is -0.496 e. The summed E-state index contributed by atoms with van der Waals surface area (Å²) >= 11 is 0. The van der Waals surface area contributed by atoms with Gasteiger partial charge in [-0.05, 0) is 95.6 Å². The third kappa shape index (κ3) is 6.83. The molecule has 0 aliphatic carbocycles. The number of para-hydroxylation sites is 1. The first-order valence-corrected chi connectivity index (χ1v) is 16.6. The van der Waals surface area contributed by atoms with Crippen molar-refractivity contribution in [3.05, 3.63) is 142 Å². The summed E-state index contributed by atoms with van der Waals surface area (Å²) in [6.07, 6.45) is 4.07. The summed E-state index contributed by atoms with van der Waals surface area (Å²) in [6.45, 7) is 13.0. The molecule has 0 radical (unpaired) electrons. The second kappa shape index (κ2) is 14.6. The molecule has 0 spiro atoms. The molecule has 0 saturated carbocycles. The van der Waals surface area contributed by atoms with Crippen LogP contribution in [0.2, 0.25) is 0 Å². The SMILES string of the molecule is C=CCc1cc(C=Nn2c(-c3cc(C(C)C)c(OC)cc3C)nc3ccccc3c2=O)cc(OCC)c1OCc1cccc2ccccc12. The number of methoxy groups -OCH3 is 1. The van der Waals surface area contributed by atoms with E-state index in [4.69, 9.17) is 24.3 Å². The van der Waals surface area contributed by atoms with E-state index in [1.165, 1.54) is 4.68 Å². The highest BCUT2D eigenvalue weighted by molar-refractivity contribution is 5.86. The fourth-order valence-corrected chi connectivity index (χ4v) is 6.16. The van der Waals surface area contributed by atoms with Gasteiger partial charge in [-0.15, -0.1) is 6.58 Å². The van der Waals surface area contributed by atoms with E-state index >= 15 is 0 Å². The zero-order valence-corrected chi connectivity index (χ0v) is 28.7. The van der Waals surface area contributed by atoms with Crippen LogP contribution in [0.25, 0.3) is 33.1 Å². The molecule has 0 bridgehead atoms. The third-order valence-electron chi connectivity index (χ3n) is 8.59. The van der Waals surface area contributed by atoms with Crippen molar-refractivity contribution in [3.8, 4) is 28.6 Å². The van der Waals surface area contributed by atoms with Crippen LogP contribution in [0.1, 0.15) is 54.5 Å². The Morgan fingerprint density at radius 3 is 2.41 bits per heavy atom. The summed E-state index contributed by atoms with van der Waals surface area (Å²) in [7, 11) is 1.67. The highest BCUT2D eigenvalue weighted by Crippen LogP contribution is 2.36. The summed E-state index contributed by atoms with van der Waals surface area (Å²) in [4.78, 5) is 19.0. The molecule has 0 unspecified atom stereocenters. The third-order valence-corrected chi connectivity index (χ3v) is 8.59. The molecule has 0 aliphatic heterocycles. The summed E-state index contributed by atoms with van der Waals surface area (Å²) in [5.74, 6) is 2.70. The van der Waals surface area contributed by atoms with Crippen LogP contribution in [-0.4, -0.2) is 29.6 Å². The molecule has 0 aliphatic rings. The molecule has 0 atom stereocenters. The number of benzene rings is 5. The van der Waals surface area contributed by atoms with Crippen LogP contribution in [0.5, 0.6) is 17.2 Å². The lowest BCUT2D eigenvalue weighted by molar-refractivity contribution is 0.268. The largest absolute Gasteiger partial charge is 0.496 e. The number of hydrogen-bond acceptors (Lipinski definition) is 6. The Morgan fingerprint density at radius 2 is 1.65 bits per heavy atom. The topological polar surface area (TPSA) is 74.9 Å². The smallest absolute Gasteiger partial charge is 0.282 e. The summed E-state index contributed by atoms with van der Waals surface area (Å²) in [5, 5.41) is 7.58. The number of rotatable bonds is 12. The Balaban J connectivity index is 1.45. The van der Waals surface area contributed by atoms with Crippen molar-refractivity contribution in [1.29, 1.82) is 0 Å². The number of ether oxygens (including phenoxy) is 3. The van der Waals surface area contributed by atoms with Crippen LogP contribution in [0.4, 0.5) is 0 Å². The summed E-state index contributed by atoms with van der Waals surface area (Å²) < 4.78 is 19.7. The molecule has 1 heterocycles. The maximum absolute atomic E-state index is 14.0. The second-order valence-corrected chi connectivity index (χ2v) is 12.2. The number of aryl methyl sites for hydroxylation is 1. The molecule has 7 heteroatoms. The zero-order valence-electron chi connectivity index (χ0n) is 28.7. The Morgan fingerprint density at radius 1 is 0.898 bits per heavy atom. The lowest BCUT2D eigenvalue weighted by atomic mass is 9.96. The highest BCUT2D eigenvalue weighted by Gasteiger charge is 2.19. The minimum atomic E-state index is -0.260. The first-order valence-electron chi connectivity index (χ1n) is 16.6. The van der Waals surface area contributed by atoms with Gasteiger partial charge < -0.3 is 14.2 Å². The van der Waals surface area contributed by atoms with Gasteiger partial charge in [0.1, 0.15) is 12.4 Å². The summed E-state index contributed by atoms with van der Waals surface area (Å²) in [6, 6.07) is 29.8. The van der Waals surface area contributed by atoms with Gasteiger partial charge in [-0.1, -0.05) is 74.5 Å². The van der Waals surface area contributed by atoms with Gasteiger partial charge in [0.05, 0.1) is 30.8 Å². The normalized spacial score (nSPS) is 11.5. The number of aromatic nitrogens is 2. The van der Waals surface area contributed by atoms with Gasteiger partial charge in [0.2, 0.25) is 0 Å². The average molecular weight is 652 g/mol. The second-order valence-electron chi connectivity index (χ2n) is 12.2. The Bertz CT molecular complexity index is 2250. The van der Waals surface area contributed by atoms with Crippen molar-refractivity contribution < 1.29 is 14.2 Å². The minimum absolute atomic E-state index is 0.194. The molecule has 5 aromatic carbocycles. The Labute approximate surface area is 287 Å². The predicted molar refractivity (Wildman–Crippen MR) is 200 cm³/mol. The molecule has 0 fully saturated rings. The first kappa shape index (κ1) is 33.2. The fraction of sp³-hybridized carbons (Fsp3) is 0.214. The maximum atomic E-state index is 14.0. The van der Waals surface area contributed by atoms with E-state index in [1.54, 1.807) is 19.4 Å². The molecule has 1 aromatic heterocycles. The predicted octanol–water partition coefficient (Wildman–Crippen LogP) is 9.25. The first-order chi connectivity index (χ1) is 23.8. The van der Waals surface area contributed by atoms with Crippen molar-refractivity contribution in [3.63, 3.8) is 0 Å². The monoisotopic (exact) mass is 651 g/mol. The van der Waals surface area contributed by atoms with Gasteiger partial charge in [0.25, 0.3) is 5.56 Å². The maximum Gasteiger partial charge on any atom is 0.282 e.